The van der Waals surface area contributed by atoms with Gasteiger partial charge in [0.2, 0.25) is 5.91 Å². The molecule has 1 aliphatic heterocycles. The van der Waals surface area contributed by atoms with Crippen molar-refractivity contribution < 1.29 is 4.79 Å². The molecule has 1 aromatic carbocycles. The standard InChI is InChI=1S/C15H13N5O/c21-15(19-6-11-5-16-9-17-13(11)7-19)8-20-10-18-12-3-1-2-4-14(12)20/h1-5,9-10H,6-8H2. The van der Waals surface area contributed by atoms with Crippen LogP contribution in [-0.4, -0.2) is 30.3 Å². The van der Waals surface area contributed by atoms with Crippen LogP contribution in [0.2, 0.25) is 0 Å². The zero-order valence-electron chi connectivity index (χ0n) is 11.3. The summed E-state index contributed by atoms with van der Waals surface area (Å²) in [6.45, 7) is 1.44. The van der Waals surface area contributed by atoms with E-state index in [1.54, 1.807) is 17.4 Å². The molecule has 0 unspecified atom stereocenters. The van der Waals surface area contributed by atoms with Gasteiger partial charge < -0.3 is 9.47 Å². The van der Waals surface area contributed by atoms with Crippen LogP contribution in [0.15, 0.2) is 43.1 Å². The Labute approximate surface area is 121 Å². The van der Waals surface area contributed by atoms with E-state index in [2.05, 4.69) is 15.0 Å². The van der Waals surface area contributed by atoms with Crippen LogP contribution < -0.4 is 0 Å². The first kappa shape index (κ1) is 12.0. The maximum Gasteiger partial charge on any atom is 0.243 e. The molecule has 1 aliphatic rings. The third kappa shape index (κ3) is 2.05. The van der Waals surface area contributed by atoms with Crippen molar-refractivity contribution in [1.82, 2.24) is 24.4 Å². The van der Waals surface area contributed by atoms with Gasteiger partial charge in [-0.3, -0.25) is 4.79 Å². The lowest BCUT2D eigenvalue weighted by Gasteiger charge is -2.15. The highest BCUT2D eigenvalue weighted by molar-refractivity contribution is 5.80. The number of benzene rings is 1. The number of hydrogen-bond donors (Lipinski definition) is 0. The Hall–Kier alpha value is -2.76. The van der Waals surface area contributed by atoms with E-state index in [4.69, 9.17) is 0 Å². The highest BCUT2D eigenvalue weighted by atomic mass is 16.2. The van der Waals surface area contributed by atoms with Gasteiger partial charge in [-0.05, 0) is 12.1 Å². The van der Waals surface area contributed by atoms with E-state index >= 15 is 0 Å². The predicted octanol–water partition coefficient (Wildman–Crippen LogP) is 1.37. The van der Waals surface area contributed by atoms with Crippen LogP contribution in [0, 0.1) is 0 Å². The third-order valence-electron chi connectivity index (χ3n) is 3.77. The molecule has 4 rings (SSSR count). The Morgan fingerprint density at radius 3 is 3.00 bits per heavy atom. The summed E-state index contributed by atoms with van der Waals surface area (Å²) >= 11 is 0. The van der Waals surface area contributed by atoms with Gasteiger partial charge in [0, 0.05) is 18.3 Å². The summed E-state index contributed by atoms with van der Waals surface area (Å²) in [6, 6.07) is 7.81. The Kier molecular flexibility index (Phi) is 2.67. The van der Waals surface area contributed by atoms with E-state index in [0.29, 0.717) is 19.6 Å². The van der Waals surface area contributed by atoms with Crippen molar-refractivity contribution in [3.63, 3.8) is 0 Å². The van der Waals surface area contributed by atoms with Crippen LogP contribution in [0.25, 0.3) is 11.0 Å². The van der Waals surface area contributed by atoms with Crippen LogP contribution in [0.3, 0.4) is 0 Å². The molecular formula is C15H13N5O. The molecule has 0 fully saturated rings. The molecule has 0 atom stereocenters. The fourth-order valence-corrected chi connectivity index (χ4v) is 2.66. The van der Waals surface area contributed by atoms with Crippen molar-refractivity contribution >= 4 is 16.9 Å². The molecule has 1 amide bonds. The second-order valence-corrected chi connectivity index (χ2v) is 5.11. The molecule has 0 spiro atoms. The summed E-state index contributed by atoms with van der Waals surface area (Å²) in [6.07, 6.45) is 5.02. The Morgan fingerprint density at radius 2 is 2.10 bits per heavy atom. The number of nitrogens with zero attached hydrogens (tertiary/aromatic N) is 5. The van der Waals surface area contributed by atoms with Gasteiger partial charge in [0.1, 0.15) is 12.9 Å². The van der Waals surface area contributed by atoms with Crippen LogP contribution in [-0.2, 0) is 24.4 Å². The Bertz CT molecular complexity index is 801. The molecular weight excluding hydrogens is 266 g/mol. The number of rotatable bonds is 2. The molecule has 0 saturated heterocycles. The van der Waals surface area contributed by atoms with Crippen molar-refractivity contribution in [2.45, 2.75) is 19.6 Å². The third-order valence-corrected chi connectivity index (χ3v) is 3.77. The average Bonchev–Trinajstić information content (AvgIpc) is 3.11. The molecule has 21 heavy (non-hydrogen) atoms. The Balaban J connectivity index is 1.55. The lowest BCUT2D eigenvalue weighted by Crippen LogP contribution is -2.29. The van der Waals surface area contributed by atoms with Crippen LogP contribution >= 0.6 is 0 Å². The van der Waals surface area contributed by atoms with Gasteiger partial charge in [0.25, 0.3) is 0 Å². The average molecular weight is 279 g/mol. The van der Waals surface area contributed by atoms with Crippen molar-refractivity contribution in [1.29, 1.82) is 0 Å². The first-order valence-corrected chi connectivity index (χ1v) is 6.76. The Morgan fingerprint density at radius 1 is 1.19 bits per heavy atom. The number of carbonyl (C=O) groups is 1. The van der Waals surface area contributed by atoms with Gasteiger partial charge >= 0.3 is 0 Å². The van der Waals surface area contributed by atoms with E-state index in [-0.39, 0.29) is 5.91 Å². The zero-order valence-corrected chi connectivity index (χ0v) is 11.3. The lowest BCUT2D eigenvalue weighted by atomic mass is 10.3. The number of amides is 1. The highest BCUT2D eigenvalue weighted by Crippen LogP contribution is 2.20. The largest absolute Gasteiger partial charge is 0.331 e. The summed E-state index contributed by atoms with van der Waals surface area (Å²) in [4.78, 5) is 26.8. The molecule has 0 radical (unpaired) electrons. The molecule has 2 aromatic heterocycles. The molecule has 3 heterocycles. The first-order chi connectivity index (χ1) is 10.3. The first-order valence-electron chi connectivity index (χ1n) is 6.76. The molecule has 0 saturated carbocycles. The minimum absolute atomic E-state index is 0.0659. The van der Waals surface area contributed by atoms with Crippen LogP contribution in [0.4, 0.5) is 0 Å². The normalized spacial score (nSPS) is 13.6. The second-order valence-electron chi connectivity index (χ2n) is 5.11. The molecule has 0 N–H and O–H groups in total. The van der Waals surface area contributed by atoms with Crippen molar-refractivity contribution in [2.24, 2.45) is 0 Å². The molecule has 6 nitrogen and oxygen atoms in total. The van der Waals surface area contributed by atoms with E-state index in [1.807, 2.05) is 28.8 Å². The van der Waals surface area contributed by atoms with E-state index in [0.717, 1.165) is 22.3 Å². The number of carbonyl (C=O) groups excluding carboxylic acids is 1. The smallest absolute Gasteiger partial charge is 0.243 e. The predicted molar refractivity (Wildman–Crippen MR) is 76.0 cm³/mol. The summed E-state index contributed by atoms with van der Waals surface area (Å²) in [5, 5.41) is 0. The summed E-state index contributed by atoms with van der Waals surface area (Å²) < 4.78 is 1.88. The quantitative estimate of drug-likeness (QED) is 0.710. The number of fused-ring (bicyclic) bond motifs is 2. The maximum atomic E-state index is 12.5. The fourth-order valence-electron chi connectivity index (χ4n) is 2.66. The molecule has 3 aromatic rings. The van der Waals surface area contributed by atoms with E-state index in [9.17, 15) is 4.79 Å². The van der Waals surface area contributed by atoms with Gasteiger partial charge in [0.05, 0.1) is 29.6 Å². The van der Waals surface area contributed by atoms with Crippen LogP contribution in [0.1, 0.15) is 11.3 Å². The van der Waals surface area contributed by atoms with Gasteiger partial charge in [-0.1, -0.05) is 12.1 Å². The van der Waals surface area contributed by atoms with E-state index in [1.165, 1.54) is 6.33 Å². The fraction of sp³-hybridized carbons (Fsp3) is 0.200. The molecule has 104 valence electrons. The zero-order chi connectivity index (χ0) is 14.2. The monoisotopic (exact) mass is 279 g/mol. The summed E-state index contributed by atoms with van der Waals surface area (Å²) in [5.41, 5.74) is 3.85. The lowest BCUT2D eigenvalue weighted by molar-refractivity contribution is -0.132. The van der Waals surface area contributed by atoms with Crippen LogP contribution in [0.5, 0.6) is 0 Å². The van der Waals surface area contributed by atoms with Crippen molar-refractivity contribution in [2.75, 3.05) is 0 Å². The molecule has 0 bridgehead atoms. The number of para-hydroxylation sites is 2. The van der Waals surface area contributed by atoms with Crippen molar-refractivity contribution in [3.8, 4) is 0 Å². The van der Waals surface area contributed by atoms with Gasteiger partial charge in [0.15, 0.2) is 0 Å². The maximum absolute atomic E-state index is 12.5. The molecule has 6 heteroatoms. The second kappa shape index (κ2) is 4.66. The minimum Gasteiger partial charge on any atom is -0.331 e. The topological polar surface area (TPSA) is 63.9 Å². The highest BCUT2D eigenvalue weighted by Gasteiger charge is 2.24. The number of aromatic nitrogens is 4. The van der Waals surface area contributed by atoms with Gasteiger partial charge in [-0.2, -0.15) is 0 Å². The van der Waals surface area contributed by atoms with E-state index < -0.39 is 0 Å². The number of imidazole rings is 1. The minimum atomic E-state index is 0.0659. The van der Waals surface area contributed by atoms with Crippen molar-refractivity contribution in [3.05, 3.63) is 54.4 Å². The SMILES string of the molecule is O=C(Cn1cnc2ccccc21)N1Cc2cncnc2C1. The van der Waals surface area contributed by atoms with Gasteiger partial charge in [-0.15, -0.1) is 0 Å². The summed E-state index contributed by atoms with van der Waals surface area (Å²) in [7, 11) is 0. The molecule has 0 aliphatic carbocycles. The summed E-state index contributed by atoms with van der Waals surface area (Å²) in [5.74, 6) is 0.0659. The number of hydrogen-bond acceptors (Lipinski definition) is 4. The van der Waals surface area contributed by atoms with Gasteiger partial charge in [-0.25, -0.2) is 15.0 Å².